The molecule has 1 amide bonds. The number of carbonyl (C=O) groups is 1. The number of nitrogens with one attached hydrogen (secondary N) is 1. The first-order chi connectivity index (χ1) is 10.6. The molecule has 0 bridgehead atoms. The van der Waals surface area contributed by atoms with Crippen LogP contribution in [-0.2, 0) is 14.8 Å². The van der Waals surface area contributed by atoms with E-state index in [1.807, 2.05) is 13.8 Å². The number of hydrogen-bond donors (Lipinski definition) is 1. The van der Waals surface area contributed by atoms with Crippen LogP contribution in [0.25, 0.3) is 0 Å². The Hall–Kier alpha value is -1.60. The molecule has 0 unspecified atom stereocenters. The maximum atomic E-state index is 12.8. The Bertz CT molecular complexity index is 646. The molecule has 1 rings (SSSR count). The molecule has 130 valence electrons. The zero-order valence-corrected chi connectivity index (χ0v) is 15.5. The smallest absolute Gasteiger partial charge is 0.243 e. The van der Waals surface area contributed by atoms with E-state index in [9.17, 15) is 13.2 Å². The topological polar surface area (TPSA) is 75.7 Å². The second-order valence-corrected chi connectivity index (χ2v) is 8.03. The molecule has 0 aliphatic carbocycles. The average molecular weight is 342 g/mol. The summed E-state index contributed by atoms with van der Waals surface area (Å²) >= 11 is 0. The molecule has 7 heteroatoms. The summed E-state index contributed by atoms with van der Waals surface area (Å²) in [5.41, 5.74) is 1.19. The molecule has 6 nitrogen and oxygen atoms in total. The highest BCUT2D eigenvalue weighted by Gasteiger charge is 2.26. The molecule has 23 heavy (non-hydrogen) atoms. The number of aryl methyl sites for hydroxylation is 2. The highest BCUT2D eigenvalue weighted by atomic mass is 32.2. The number of benzene rings is 1. The first-order valence-corrected chi connectivity index (χ1v) is 8.91. The number of ether oxygens (including phenoxy) is 1. The largest absolute Gasteiger partial charge is 0.497 e. The lowest BCUT2D eigenvalue weighted by atomic mass is 10.1. The minimum Gasteiger partial charge on any atom is -0.497 e. The third-order valence-electron chi connectivity index (χ3n) is 3.41. The lowest BCUT2D eigenvalue weighted by Crippen LogP contribution is -2.39. The SMILES string of the molecule is COc1cc(C)c(S(=O)(=O)N(C)CC(=O)NCC(C)C)c(C)c1. The third-order valence-corrected chi connectivity index (χ3v) is 5.52. The first kappa shape index (κ1) is 19.4. The zero-order valence-electron chi connectivity index (χ0n) is 14.6. The summed E-state index contributed by atoms with van der Waals surface area (Å²) in [4.78, 5) is 12.1. The Balaban J connectivity index is 3.00. The van der Waals surface area contributed by atoms with Gasteiger partial charge in [0, 0.05) is 13.6 Å². The summed E-state index contributed by atoms with van der Waals surface area (Å²) in [5, 5.41) is 2.72. The summed E-state index contributed by atoms with van der Waals surface area (Å²) in [7, 11) is -0.797. The Morgan fingerprint density at radius 2 is 1.78 bits per heavy atom. The Labute approximate surface area is 138 Å². The number of hydrogen-bond acceptors (Lipinski definition) is 4. The summed E-state index contributed by atoms with van der Waals surface area (Å²) < 4.78 is 31.7. The van der Waals surface area contributed by atoms with Gasteiger partial charge in [-0.15, -0.1) is 0 Å². The number of likely N-dealkylation sites (N-methyl/N-ethyl adjacent to an activating group) is 1. The van der Waals surface area contributed by atoms with Crippen molar-refractivity contribution in [3.8, 4) is 5.75 Å². The standard InChI is InChI=1S/C16H26N2O4S/c1-11(2)9-17-15(19)10-18(5)23(20,21)16-12(3)7-14(22-6)8-13(16)4/h7-8,11H,9-10H2,1-6H3,(H,17,19). The van der Waals surface area contributed by atoms with Crippen LogP contribution in [0.15, 0.2) is 17.0 Å². The molecule has 0 radical (unpaired) electrons. The number of amides is 1. The van der Waals surface area contributed by atoms with Gasteiger partial charge >= 0.3 is 0 Å². The highest BCUT2D eigenvalue weighted by Crippen LogP contribution is 2.27. The monoisotopic (exact) mass is 342 g/mol. The number of methoxy groups -OCH3 is 1. The van der Waals surface area contributed by atoms with Gasteiger partial charge in [-0.05, 0) is 43.0 Å². The fourth-order valence-corrected chi connectivity index (χ4v) is 3.78. The highest BCUT2D eigenvalue weighted by molar-refractivity contribution is 7.89. The first-order valence-electron chi connectivity index (χ1n) is 7.47. The number of rotatable bonds is 7. The van der Waals surface area contributed by atoms with Crippen LogP contribution >= 0.6 is 0 Å². The Kier molecular flexibility index (Phi) is 6.58. The molecule has 0 aromatic heterocycles. The number of nitrogens with zero attached hydrogens (tertiary/aromatic N) is 1. The molecule has 0 saturated heterocycles. The van der Waals surface area contributed by atoms with Crippen molar-refractivity contribution >= 4 is 15.9 Å². The van der Waals surface area contributed by atoms with Crippen molar-refractivity contribution < 1.29 is 17.9 Å². The molecule has 0 aliphatic heterocycles. The van der Waals surface area contributed by atoms with Gasteiger partial charge in [0.05, 0.1) is 18.6 Å². The molecule has 1 N–H and O–H groups in total. The maximum Gasteiger partial charge on any atom is 0.243 e. The van der Waals surface area contributed by atoms with Gasteiger partial charge in [0.15, 0.2) is 0 Å². The summed E-state index contributed by atoms with van der Waals surface area (Å²) in [6.45, 7) is 7.70. The van der Waals surface area contributed by atoms with E-state index in [1.54, 1.807) is 26.0 Å². The number of carbonyl (C=O) groups excluding carboxylic acids is 1. The molecule has 1 aromatic carbocycles. The molecule has 0 aliphatic rings. The fraction of sp³-hybridized carbons (Fsp3) is 0.562. The van der Waals surface area contributed by atoms with E-state index in [2.05, 4.69) is 5.32 Å². The van der Waals surface area contributed by atoms with E-state index in [4.69, 9.17) is 4.74 Å². The molecular formula is C16H26N2O4S. The van der Waals surface area contributed by atoms with Crippen LogP contribution in [0, 0.1) is 19.8 Å². The summed E-state index contributed by atoms with van der Waals surface area (Å²) in [6, 6.07) is 3.35. The van der Waals surface area contributed by atoms with Crippen molar-refractivity contribution in [1.82, 2.24) is 9.62 Å². The quantitative estimate of drug-likeness (QED) is 0.818. The van der Waals surface area contributed by atoms with Gasteiger partial charge < -0.3 is 10.1 Å². The van der Waals surface area contributed by atoms with Crippen LogP contribution < -0.4 is 10.1 Å². The zero-order chi connectivity index (χ0) is 17.8. The lowest BCUT2D eigenvalue weighted by Gasteiger charge is -2.20. The summed E-state index contributed by atoms with van der Waals surface area (Å²) in [6.07, 6.45) is 0. The van der Waals surface area contributed by atoms with E-state index in [0.717, 1.165) is 4.31 Å². The minimum absolute atomic E-state index is 0.208. The van der Waals surface area contributed by atoms with Crippen LogP contribution in [0.5, 0.6) is 5.75 Å². The van der Waals surface area contributed by atoms with Crippen molar-refractivity contribution in [2.45, 2.75) is 32.6 Å². The van der Waals surface area contributed by atoms with E-state index in [-0.39, 0.29) is 17.3 Å². The Morgan fingerprint density at radius 3 is 2.22 bits per heavy atom. The predicted octanol–water partition coefficient (Wildman–Crippen LogP) is 1.70. The molecule has 0 spiro atoms. The average Bonchev–Trinajstić information content (AvgIpc) is 2.43. The second kappa shape index (κ2) is 7.79. The van der Waals surface area contributed by atoms with E-state index in [1.165, 1.54) is 14.2 Å². The van der Waals surface area contributed by atoms with Crippen molar-refractivity contribution in [3.05, 3.63) is 23.3 Å². The van der Waals surface area contributed by atoms with Gasteiger partial charge in [0.25, 0.3) is 0 Å². The fourth-order valence-electron chi connectivity index (χ4n) is 2.25. The van der Waals surface area contributed by atoms with Gasteiger partial charge in [-0.25, -0.2) is 8.42 Å². The van der Waals surface area contributed by atoms with Crippen LogP contribution in [-0.4, -0.2) is 45.9 Å². The predicted molar refractivity (Wildman–Crippen MR) is 90.1 cm³/mol. The third kappa shape index (κ3) is 4.94. The number of sulfonamides is 1. The van der Waals surface area contributed by atoms with Gasteiger partial charge in [-0.1, -0.05) is 13.8 Å². The van der Waals surface area contributed by atoms with Crippen LogP contribution in [0.1, 0.15) is 25.0 Å². The second-order valence-electron chi connectivity index (χ2n) is 6.05. The van der Waals surface area contributed by atoms with Crippen molar-refractivity contribution in [3.63, 3.8) is 0 Å². The normalized spacial score (nSPS) is 11.8. The summed E-state index contributed by atoms with van der Waals surface area (Å²) in [5.74, 6) is 0.608. The molecule has 0 atom stereocenters. The van der Waals surface area contributed by atoms with E-state index in [0.29, 0.717) is 29.3 Å². The van der Waals surface area contributed by atoms with E-state index >= 15 is 0 Å². The lowest BCUT2D eigenvalue weighted by molar-refractivity contribution is -0.121. The van der Waals surface area contributed by atoms with Crippen LogP contribution in [0.2, 0.25) is 0 Å². The van der Waals surface area contributed by atoms with Gasteiger partial charge in [-0.3, -0.25) is 4.79 Å². The van der Waals surface area contributed by atoms with Crippen LogP contribution in [0.3, 0.4) is 0 Å². The molecular weight excluding hydrogens is 316 g/mol. The van der Waals surface area contributed by atoms with Gasteiger partial charge in [0.2, 0.25) is 15.9 Å². The van der Waals surface area contributed by atoms with Crippen molar-refractivity contribution in [2.75, 3.05) is 27.2 Å². The maximum absolute atomic E-state index is 12.8. The molecule has 1 aromatic rings. The van der Waals surface area contributed by atoms with Crippen LogP contribution in [0.4, 0.5) is 0 Å². The molecule has 0 fully saturated rings. The van der Waals surface area contributed by atoms with Crippen molar-refractivity contribution in [2.24, 2.45) is 5.92 Å². The van der Waals surface area contributed by atoms with Gasteiger partial charge in [-0.2, -0.15) is 4.31 Å². The van der Waals surface area contributed by atoms with Gasteiger partial charge in [0.1, 0.15) is 5.75 Å². The molecule has 0 saturated carbocycles. The van der Waals surface area contributed by atoms with E-state index < -0.39 is 10.0 Å². The minimum atomic E-state index is -3.74. The molecule has 0 heterocycles. The van der Waals surface area contributed by atoms with Crippen molar-refractivity contribution in [1.29, 1.82) is 0 Å². The Morgan fingerprint density at radius 1 is 1.26 bits per heavy atom.